The Bertz CT molecular complexity index is 320. The van der Waals surface area contributed by atoms with Crippen LogP contribution in [0.15, 0.2) is 0 Å². The predicted octanol–water partition coefficient (Wildman–Crippen LogP) is 1.46. The van der Waals surface area contributed by atoms with Gasteiger partial charge in [-0.3, -0.25) is 9.59 Å². The highest BCUT2D eigenvalue weighted by molar-refractivity contribution is 5.80. The summed E-state index contributed by atoms with van der Waals surface area (Å²) in [7, 11) is 0. The Morgan fingerprint density at radius 3 is 2.53 bits per heavy atom. The molecule has 1 saturated carbocycles. The van der Waals surface area contributed by atoms with Crippen LogP contribution in [0.5, 0.6) is 0 Å². The van der Waals surface area contributed by atoms with Crippen molar-refractivity contribution < 1.29 is 14.7 Å². The number of nitrogens with zero attached hydrogens (tertiary/aromatic N) is 1. The Labute approximate surface area is 115 Å². The van der Waals surface area contributed by atoms with Gasteiger partial charge in [0.05, 0.1) is 11.8 Å². The Morgan fingerprint density at radius 2 is 1.95 bits per heavy atom. The quantitative estimate of drug-likeness (QED) is 0.741. The van der Waals surface area contributed by atoms with Gasteiger partial charge in [0.2, 0.25) is 5.91 Å². The van der Waals surface area contributed by atoms with Crippen LogP contribution in [-0.4, -0.2) is 41.0 Å². The predicted molar refractivity (Wildman–Crippen MR) is 73.6 cm³/mol. The standard InChI is InChI=1S/C14H26N2O3/c1-3-16(9-10(2)14(18)19)13(17)11-7-5-4-6-8-12(11)15/h10-12H,3-9,15H2,1-2H3,(H,18,19). The van der Waals surface area contributed by atoms with E-state index in [4.69, 9.17) is 10.8 Å². The lowest BCUT2D eigenvalue weighted by Crippen LogP contribution is -2.45. The molecule has 5 nitrogen and oxygen atoms in total. The van der Waals surface area contributed by atoms with Crippen LogP contribution in [0, 0.1) is 11.8 Å². The molecule has 0 aromatic carbocycles. The summed E-state index contributed by atoms with van der Waals surface area (Å²) in [6.45, 7) is 4.33. The average molecular weight is 270 g/mol. The minimum absolute atomic E-state index is 0.0324. The van der Waals surface area contributed by atoms with Gasteiger partial charge in [0.15, 0.2) is 0 Å². The summed E-state index contributed by atoms with van der Waals surface area (Å²) < 4.78 is 0. The average Bonchev–Trinajstić information content (AvgIpc) is 2.59. The van der Waals surface area contributed by atoms with Gasteiger partial charge in [-0.25, -0.2) is 0 Å². The van der Waals surface area contributed by atoms with Crippen LogP contribution in [0.3, 0.4) is 0 Å². The number of hydrogen-bond acceptors (Lipinski definition) is 3. The van der Waals surface area contributed by atoms with Gasteiger partial charge in [0.1, 0.15) is 0 Å². The molecular weight excluding hydrogens is 244 g/mol. The lowest BCUT2D eigenvalue weighted by molar-refractivity contribution is -0.144. The molecule has 5 heteroatoms. The van der Waals surface area contributed by atoms with Gasteiger partial charge in [0.25, 0.3) is 0 Å². The minimum atomic E-state index is -0.864. The first-order valence-electron chi connectivity index (χ1n) is 7.24. The molecule has 110 valence electrons. The highest BCUT2D eigenvalue weighted by Crippen LogP contribution is 2.24. The zero-order valence-electron chi connectivity index (χ0n) is 12.0. The molecule has 0 bridgehead atoms. The fraction of sp³-hybridized carbons (Fsp3) is 0.857. The molecule has 0 aliphatic heterocycles. The van der Waals surface area contributed by atoms with Gasteiger partial charge in [0, 0.05) is 19.1 Å². The van der Waals surface area contributed by atoms with Crippen LogP contribution in [0.2, 0.25) is 0 Å². The maximum atomic E-state index is 12.5. The molecule has 1 aliphatic rings. The van der Waals surface area contributed by atoms with Crippen molar-refractivity contribution >= 4 is 11.9 Å². The maximum Gasteiger partial charge on any atom is 0.308 e. The first kappa shape index (κ1) is 16.0. The van der Waals surface area contributed by atoms with Gasteiger partial charge >= 0.3 is 5.97 Å². The van der Waals surface area contributed by atoms with Crippen molar-refractivity contribution in [2.24, 2.45) is 17.6 Å². The fourth-order valence-electron chi connectivity index (χ4n) is 2.66. The smallest absolute Gasteiger partial charge is 0.308 e. The van der Waals surface area contributed by atoms with E-state index in [0.29, 0.717) is 6.54 Å². The van der Waals surface area contributed by atoms with Crippen LogP contribution >= 0.6 is 0 Å². The summed E-state index contributed by atoms with van der Waals surface area (Å²) >= 11 is 0. The van der Waals surface area contributed by atoms with Crippen molar-refractivity contribution in [3.63, 3.8) is 0 Å². The molecule has 3 atom stereocenters. The van der Waals surface area contributed by atoms with Gasteiger partial charge in [-0.15, -0.1) is 0 Å². The number of nitrogens with two attached hydrogens (primary N) is 1. The molecule has 0 aromatic heterocycles. The number of carboxylic acids is 1. The summed E-state index contributed by atoms with van der Waals surface area (Å²) in [5.74, 6) is -1.50. The summed E-state index contributed by atoms with van der Waals surface area (Å²) in [6.07, 6.45) is 4.98. The molecule has 0 saturated heterocycles. The van der Waals surface area contributed by atoms with E-state index < -0.39 is 11.9 Å². The van der Waals surface area contributed by atoms with E-state index >= 15 is 0 Å². The highest BCUT2D eigenvalue weighted by Gasteiger charge is 2.31. The monoisotopic (exact) mass is 270 g/mol. The third-order valence-electron chi connectivity index (χ3n) is 4.00. The second-order valence-electron chi connectivity index (χ2n) is 5.52. The van der Waals surface area contributed by atoms with E-state index in [1.54, 1.807) is 11.8 Å². The second kappa shape index (κ2) is 7.48. The Balaban J connectivity index is 2.68. The largest absolute Gasteiger partial charge is 0.481 e. The molecular formula is C14H26N2O3. The van der Waals surface area contributed by atoms with E-state index in [9.17, 15) is 9.59 Å². The van der Waals surface area contributed by atoms with Gasteiger partial charge in [-0.05, 0) is 19.8 Å². The zero-order valence-corrected chi connectivity index (χ0v) is 12.0. The molecule has 1 aliphatic carbocycles. The van der Waals surface area contributed by atoms with Crippen LogP contribution in [0.1, 0.15) is 46.0 Å². The lowest BCUT2D eigenvalue weighted by Gasteiger charge is -2.29. The van der Waals surface area contributed by atoms with Crippen molar-refractivity contribution in [2.75, 3.05) is 13.1 Å². The Hall–Kier alpha value is -1.10. The SMILES string of the molecule is CCN(CC(C)C(=O)O)C(=O)C1CCCCCC1N. The van der Waals surface area contributed by atoms with Crippen LogP contribution in [0.25, 0.3) is 0 Å². The lowest BCUT2D eigenvalue weighted by atomic mass is 9.93. The number of amides is 1. The number of rotatable bonds is 5. The topological polar surface area (TPSA) is 83.6 Å². The Morgan fingerprint density at radius 1 is 1.32 bits per heavy atom. The molecule has 1 fully saturated rings. The molecule has 3 N–H and O–H groups in total. The third kappa shape index (κ3) is 4.49. The fourth-order valence-corrected chi connectivity index (χ4v) is 2.66. The molecule has 3 unspecified atom stereocenters. The van der Waals surface area contributed by atoms with Crippen molar-refractivity contribution in [3.8, 4) is 0 Å². The van der Waals surface area contributed by atoms with Crippen LogP contribution < -0.4 is 5.73 Å². The summed E-state index contributed by atoms with van der Waals surface area (Å²) in [4.78, 5) is 25.1. The van der Waals surface area contributed by atoms with Crippen LogP contribution in [-0.2, 0) is 9.59 Å². The van der Waals surface area contributed by atoms with E-state index in [1.165, 1.54) is 0 Å². The van der Waals surface area contributed by atoms with E-state index in [1.807, 2.05) is 6.92 Å². The minimum Gasteiger partial charge on any atom is -0.481 e. The molecule has 0 spiro atoms. The summed E-state index contributed by atoms with van der Waals surface area (Å²) in [6, 6.07) is -0.0795. The van der Waals surface area contributed by atoms with Gasteiger partial charge < -0.3 is 15.7 Å². The number of carboxylic acid groups (broad SMARTS) is 1. The second-order valence-corrected chi connectivity index (χ2v) is 5.52. The molecule has 0 aromatic rings. The summed E-state index contributed by atoms with van der Waals surface area (Å²) in [5.41, 5.74) is 6.10. The summed E-state index contributed by atoms with van der Waals surface area (Å²) in [5, 5.41) is 8.95. The normalized spacial score (nSPS) is 25.4. The molecule has 0 radical (unpaired) electrons. The van der Waals surface area contributed by atoms with Crippen molar-refractivity contribution in [1.82, 2.24) is 4.90 Å². The number of carbonyl (C=O) groups excluding carboxylic acids is 1. The van der Waals surface area contributed by atoms with Gasteiger partial charge in [-0.1, -0.05) is 26.2 Å². The molecule has 0 heterocycles. The highest BCUT2D eigenvalue weighted by atomic mass is 16.4. The first-order valence-corrected chi connectivity index (χ1v) is 7.24. The van der Waals surface area contributed by atoms with Crippen LogP contribution in [0.4, 0.5) is 0 Å². The Kier molecular flexibility index (Phi) is 6.28. The van der Waals surface area contributed by atoms with E-state index in [0.717, 1.165) is 32.1 Å². The zero-order chi connectivity index (χ0) is 14.4. The number of hydrogen-bond donors (Lipinski definition) is 2. The number of carbonyl (C=O) groups is 2. The van der Waals surface area contributed by atoms with Gasteiger partial charge in [-0.2, -0.15) is 0 Å². The van der Waals surface area contributed by atoms with Crippen molar-refractivity contribution in [1.29, 1.82) is 0 Å². The third-order valence-corrected chi connectivity index (χ3v) is 4.00. The molecule has 1 rings (SSSR count). The first-order chi connectivity index (χ1) is 8.97. The van der Waals surface area contributed by atoms with E-state index in [2.05, 4.69) is 0 Å². The molecule has 1 amide bonds. The van der Waals surface area contributed by atoms with Crippen molar-refractivity contribution in [3.05, 3.63) is 0 Å². The van der Waals surface area contributed by atoms with Crippen molar-refractivity contribution in [2.45, 2.75) is 52.0 Å². The maximum absolute atomic E-state index is 12.5. The number of aliphatic carboxylic acids is 1. The molecule has 19 heavy (non-hydrogen) atoms. The van der Waals surface area contributed by atoms with E-state index in [-0.39, 0.29) is 24.4 Å².